The minimum absolute atomic E-state index is 0.0618. The van der Waals surface area contributed by atoms with Gasteiger partial charge < -0.3 is 10.0 Å². The van der Waals surface area contributed by atoms with Crippen LogP contribution >= 0.6 is 9.24 Å². The lowest BCUT2D eigenvalue weighted by molar-refractivity contribution is -0.0964. The minimum atomic E-state index is -3.48. The van der Waals surface area contributed by atoms with Crippen molar-refractivity contribution >= 4 is 15.1 Å². The van der Waals surface area contributed by atoms with Gasteiger partial charge in [-0.2, -0.15) is 8.78 Å². The predicted octanol–water partition coefficient (Wildman–Crippen LogP) is 3.85. The second kappa shape index (κ2) is 6.15. The van der Waals surface area contributed by atoms with Crippen LogP contribution in [0, 0.1) is 0 Å². The SMILES string of the molecule is CCN(CC)C(=O)c1ccc2c(c1)C(O)(C(F)(F)P)c1ccccc1-2. The molecule has 1 aliphatic rings. The second-order valence-electron chi connectivity index (χ2n) is 6.12. The predicted molar refractivity (Wildman–Crippen MR) is 96.8 cm³/mol. The normalized spacial score (nSPS) is 18.6. The van der Waals surface area contributed by atoms with Crippen molar-refractivity contribution in [3.05, 3.63) is 59.2 Å². The van der Waals surface area contributed by atoms with Crippen LogP contribution in [0.5, 0.6) is 0 Å². The zero-order valence-electron chi connectivity index (χ0n) is 14.1. The van der Waals surface area contributed by atoms with Crippen molar-refractivity contribution < 1.29 is 18.7 Å². The van der Waals surface area contributed by atoms with E-state index < -0.39 is 11.3 Å². The van der Waals surface area contributed by atoms with E-state index in [2.05, 4.69) is 0 Å². The quantitative estimate of drug-likeness (QED) is 0.839. The van der Waals surface area contributed by atoms with Gasteiger partial charge in [0.25, 0.3) is 11.6 Å². The van der Waals surface area contributed by atoms with E-state index in [4.69, 9.17) is 0 Å². The highest BCUT2D eigenvalue weighted by Crippen LogP contribution is 2.56. The first-order chi connectivity index (χ1) is 11.8. The molecule has 0 spiro atoms. The van der Waals surface area contributed by atoms with E-state index in [9.17, 15) is 18.7 Å². The fourth-order valence-electron chi connectivity index (χ4n) is 3.44. The molecule has 1 amide bonds. The monoisotopic (exact) mass is 363 g/mol. The number of amides is 1. The van der Waals surface area contributed by atoms with Crippen molar-refractivity contribution in [3.8, 4) is 11.1 Å². The van der Waals surface area contributed by atoms with Gasteiger partial charge in [0.1, 0.15) is 0 Å². The third kappa shape index (κ3) is 2.57. The first kappa shape index (κ1) is 18.0. The summed E-state index contributed by atoms with van der Waals surface area (Å²) in [7, 11) is 1.43. The van der Waals surface area contributed by atoms with Gasteiger partial charge >= 0.3 is 0 Å². The van der Waals surface area contributed by atoms with Crippen LogP contribution in [0.25, 0.3) is 11.1 Å². The highest BCUT2D eigenvalue weighted by molar-refractivity contribution is 7.18. The number of carbonyl (C=O) groups is 1. The van der Waals surface area contributed by atoms with Crippen molar-refractivity contribution in [2.75, 3.05) is 13.1 Å². The molecule has 2 aromatic carbocycles. The number of alkyl halides is 2. The zero-order valence-corrected chi connectivity index (χ0v) is 15.2. The highest BCUT2D eigenvalue weighted by atomic mass is 31.0. The summed E-state index contributed by atoms with van der Waals surface area (Å²) in [5.41, 5.74) is -4.37. The Morgan fingerprint density at radius 1 is 1.12 bits per heavy atom. The Bertz CT molecular complexity index is 830. The Morgan fingerprint density at radius 2 is 1.72 bits per heavy atom. The number of benzene rings is 2. The van der Waals surface area contributed by atoms with Crippen molar-refractivity contribution in [2.45, 2.75) is 25.1 Å². The maximum absolute atomic E-state index is 14.4. The van der Waals surface area contributed by atoms with Gasteiger partial charge in [-0.3, -0.25) is 4.79 Å². The molecule has 3 rings (SSSR count). The van der Waals surface area contributed by atoms with E-state index in [1.54, 1.807) is 35.2 Å². The molecule has 2 aromatic rings. The van der Waals surface area contributed by atoms with Crippen LogP contribution in [0.4, 0.5) is 8.78 Å². The van der Waals surface area contributed by atoms with Crippen LogP contribution in [0.3, 0.4) is 0 Å². The number of rotatable bonds is 4. The Balaban J connectivity index is 2.21. The number of aliphatic hydroxyl groups is 1. The Hall–Kier alpha value is -1.84. The molecule has 0 heterocycles. The highest BCUT2D eigenvalue weighted by Gasteiger charge is 2.56. The molecule has 0 bridgehead atoms. The van der Waals surface area contributed by atoms with Crippen LogP contribution in [0.1, 0.15) is 35.3 Å². The third-order valence-electron chi connectivity index (χ3n) is 4.80. The molecule has 1 aliphatic carbocycles. The molecule has 3 nitrogen and oxygen atoms in total. The van der Waals surface area contributed by atoms with Crippen molar-refractivity contribution in [2.24, 2.45) is 0 Å². The number of carbonyl (C=O) groups excluding carboxylic acids is 1. The summed E-state index contributed by atoms with van der Waals surface area (Å²) in [6.45, 7) is 4.77. The first-order valence-corrected chi connectivity index (χ1v) is 8.76. The lowest BCUT2D eigenvalue weighted by atomic mass is 9.90. The maximum Gasteiger partial charge on any atom is 0.295 e. The standard InChI is InChI=1S/C19H20F2NO2P/c1-3-22(4-2)17(23)12-9-10-14-13-7-5-6-8-15(13)18(24,16(14)11-12)19(20,21)25/h5-11,24H,3-4,25H2,1-2H3. The van der Waals surface area contributed by atoms with Gasteiger partial charge in [-0.05, 0) is 37.1 Å². The van der Waals surface area contributed by atoms with Crippen molar-refractivity contribution in [1.29, 1.82) is 0 Å². The van der Waals surface area contributed by atoms with E-state index in [1.165, 1.54) is 21.4 Å². The largest absolute Gasteiger partial charge is 0.374 e. The third-order valence-corrected chi connectivity index (χ3v) is 5.21. The van der Waals surface area contributed by atoms with Gasteiger partial charge in [0.15, 0.2) is 5.60 Å². The van der Waals surface area contributed by atoms with Gasteiger partial charge in [0.2, 0.25) is 0 Å². The molecule has 2 unspecified atom stereocenters. The molecule has 0 fully saturated rings. The summed E-state index contributed by atoms with van der Waals surface area (Å²) in [4.78, 5) is 14.2. The minimum Gasteiger partial charge on any atom is -0.374 e. The molecule has 6 heteroatoms. The van der Waals surface area contributed by atoms with Gasteiger partial charge in [-0.25, -0.2) is 0 Å². The van der Waals surface area contributed by atoms with E-state index in [0.717, 1.165) is 0 Å². The Labute approximate surface area is 147 Å². The number of halogens is 2. The van der Waals surface area contributed by atoms with Crippen molar-refractivity contribution in [3.63, 3.8) is 0 Å². The zero-order chi connectivity index (χ0) is 18.4. The smallest absolute Gasteiger partial charge is 0.295 e. The summed E-state index contributed by atoms with van der Waals surface area (Å²) < 4.78 is 28.8. The second-order valence-corrected chi connectivity index (χ2v) is 6.84. The lowest BCUT2D eigenvalue weighted by Gasteiger charge is -2.32. The van der Waals surface area contributed by atoms with Gasteiger partial charge in [-0.1, -0.05) is 39.6 Å². The number of nitrogens with zero attached hydrogens (tertiary/aromatic N) is 1. The van der Waals surface area contributed by atoms with Gasteiger partial charge in [-0.15, -0.1) is 0 Å². The molecule has 0 aliphatic heterocycles. The Kier molecular flexibility index (Phi) is 4.42. The summed E-state index contributed by atoms with van der Waals surface area (Å²) in [6.07, 6.45) is 0. The maximum atomic E-state index is 14.4. The molecule has 0 saturated carbocycles. The van der Waals surface area contributed by atoms with Crippen LogP contribution in [-0.4, -0.2) is 34.7 Å². The van der Waals surface area contributed by atoms with Crippen LogP contribution in [0.2, 0.25) is 0 Å². The molecule has 2 atom stereocenters. The van der Waals surface area contributed by atoms with Crippen LogP contribution in [0.15, 0.2) is 42.5 Å². The van der Waals surface area contributed by atoms with E-state index in [-0.39, 0.29) is 17.0 Å². The summed E-state index contributed by atoms with van der Waals surface area (Å²) in [5.74, 6) is -0.238. The molecule has 0 saturated heterocycles. The van der Waals surface area contributed by atoms with Gasteiger partial charge in [0, 0.05) is 29.8 Å². The topological polar surface area (TPSA) is 40.5 Å². The van der Waals surface area contributed by atoms with Crippen molar-refractivity contribution in [1.82, 2.24) is 4.90 Å². The van der Waals surface area contributed by atoms with Gasteiger partial charge in [0.05, 0.1) is 0 Å². The average molecular weight is 363 g/mol. The van der Waals surface area contributed by atoms with E-state index >= 15 is 0 Å². The molecular weight excluding hydrogens is 343 g/mol. The summed E-state index contributed by atoms with van der Waals surface area (Å²) in [5, 5.41) is 11.0. The molecule has 1 N–H and O–H groups in total. The van der Waals surface area contributed by atoms with E-state index in [1.807, 2.05) is 13.8 Å². The molecule has 0 radical (unpaired) electrons. The Morgan fingerprint density at radius 3 is 2.32 bits per heavy atom. The lowest BCUT2D eigenvalue weighted by Crippen LogP contribution is -2.40. The van der Waals surface area contributed by atoms with Crippen LogP contribution < -0.4 is 0 Å². The van der Waals surface area contributed by atoms with Crippen LogP contribution in [-0.2, 0) is 5.60 Å². The summed E-state index contributed by atoms with van der Waals surface area (Å²) in [6, 6.07) is 11.2. The summed E-state index contributed by atoms with van der Waals surface area (Å²) >= 11 is 0. The number of hydrogen-bond acceptors (Lipinski definition) is 2. The number of hydrogen-bond donors (Lipinski definition) is 1. The molecule has 25 heavy (non-hydrogen) atoms. The number of fused-ring (bicyclic) bond motifs is 3. The fraction of sp³-hybridized carbons (Fsp3) is 0.316. The molecular formula is C19H20F2NO2P. The fourth-order valence-corrected chi connectivity index (χ4v) is 3.75. The van der Waals surface area contributed by atoms with E-state index in [0.29, 0.717) is 29.8 Å². The average Bonchev–Trinajstić information content (AvgIpc) is 2.86. The first-order valence-electron chi connectivity index (χ1n) is 8.18. The molecule has 132 valence electrons. The molecule has 0 aromatic heterocycles.